The van der Waals surface area contributed by atoms with E-state index in [1.807, 2.05) is 26.0 Å². The van der Waals surface area contributed by atoms with Crippen molar-refractivity contribution in [3.8, 4) is 5.75 Å². The van der Waals surface area contributed by atoms with E-state index >= 15 is 0 Å². The van der Waals surface area contributed by atoms with E-state index in [1.54, 1.807) is 0 Å². The summed E-state index contributed by atoms with van der Waals surface area (Å²) in [6.07, 6.45) is 0.201. The number of hydrogen-bond donors (Lipinski definition) is 1. The molecule has 0 saturated carbocycles. The van der Waals surface area contributed by atoms with E-state index in [0.29, 0.717) is 6.54 Å². The fraction of sp³-hybridized carbons (Fsp3) is 0.625. The quantitative estimate of drug-likeness (QED) is 0.888. The fourth-order valence-electron chi connectivity index (χ4n) is 2.57. The van der Waals surface area contributed by atoms with Crippen molar-refractivity contribution in [3.63, 3.8) is 0 Å². The van der Waals surface area contributed by atoms with Crippen molar-refractivity contribution in [1.82, 2.24) is 0 Å². The third-order valence-corrected chi connectivity index (χ3v) is 4.28. The topological polar surface area (TPSA) is 44.5 Å². The Labute approximate surface area is 116 Å². The van der Waals surface area contributed by atoms with Gasteiger partial charge in [-0.05, 0) is 43.5 Å². The molecule has 0 spiro atoms. The van der Waals surface area contributed by atoms with E-state index in [2.05, 4.69) is 26.0 Å². The van der Waals surface area contributed by atoms with Crippen LogP contribution in [0.1, 0.15) is 33.3 Å². The first kappa shape index (κ1) is 14.4. The second kappa shape index (κ2) is 5.14. The number of ether oxygens (including phenoxy) is 2. The van der Waals surface area contributed by atoms with E-state index in [-0.39, 0.29) is 16.9 Å². The third-order valence-electron chi connectivity index (χ3n) is 4.28. The first-order valence-corrected chi connectivity index (χ1v) is 6.96. The summed E-state index contributed by atoms with van der Waals surface area (Å²) in [4.78, 5) is 0. The van der Waals surface area contributed by atoms with Gasteiger partial charge in [0.25, 0.3) is 0 Å². The monoisotopic (exact) mass is 263 g/mol. The van der Waals surface area contributed by atoms with Crippen molar-refractivity contribution in [1.29, 1.82) is 0 Å². The predicted molar refractivity (Wildman–Crippen MR) is 77.5 cm³/mol. The summed E-state index contributed by atoms with van der Waals surface area (Å²) in [6.45, 7) is 10.7. The van der Waals surface area contributed by atoms with Crippen molar-refractivity contribution in [3.05, 3.63) is 29.8 Å². The van der Waals surface area contributed by atoms with Crippen LogP contribution in [0.2, 0.25) is 0 Å². The summed E-state index contributed by atoms with van der Waals surface area (Å²) in [7, 11) is 0. The second-order valence-electron chi connectivity index (χ2n) is 6.35. The molecule has 0 amide bonds. The number of rotatable bonds is 5. The maximum absolute atomic E-state index is 5.95. The summed E-state index contributed by atoms with van der Waals surface area (Å²) < 4.78 is 11.2. The summed E-state index contributed by atoms with van der Waals surface area (Å²) in [5.74, 6) is 0.916. The summed E-state index contributed by atoms with van der Waals surface area (Å²) in [5.41, 5.74) is 7.32. The SMILES string of the molecule is CC(C)Oc1ccc(C2(C(C)(C)CN)COC2)cc1. The highest BCUT2D eigenvalue weighted by Crippen LogP contribution is 2.47. The molecular formula is C16H25NO2. The molecule has 3 nitrogen and oxygen atoms in total. The molecule has 19 heavy (non-hydrogen) atoms. The number of hydrogen-bond acceptors (Lipinski definition) is 3. The van der Waals surface area contributed by atoms with E-state index in [4.69, 9.17) is 15.2 Å². The molecule has 1 aliphatic heterocycles. The van der Waals surface area contributed by atoms with Crippen LogP contribution in [0.5, 0.6) is 5.75 Å². The van der Waals surface area contributed by atoms with Gasteiger partial charge in [-0.1, -0.05) is 26.0 Å². The molecule has 0 aliphatic carbocycles. The van der Waals surface area contributed by atoms with Gasteiger partial charge in [-0.3, -0.25) is 0 Å². The molecule has 0 aromatic heterocycles. The zero-order valence-electron chi connectivity index (χ0n) is 12.4. The largest absolute Gasteiger partial charge is 0.491 e. The minimum Gasteiger partial charge on any atom is -0.491 e. The minimum atomic E-state index is 0.0334. The zero-order chi connectivity index (χ0) is 14.1. The molecule has 1 saturated heterocycles. The average Bonchev–Trinajstić information content (AvgIpc) is 2.29. The summed E-state index contributed by atoms with van der Waals surface area (Å²) in [6, 6.07) is 8.39. The van der Waals surface area contributed by atoms with E-state index in [9.17, 15) is 0 Å². The molecule has 1 aromatic carbocycles. The number of benzene rings is 1. The van der Waals surface area contributed by atoms with Gasteiger partial charge >= 0.3 is 0 Å². The summed E-state index contributed by atoms with van der Waals surface area (Å²) in [5, 5.41) is 0. The van der Waals surface area contributed by atoms with Gasteiger partial charge in [0.15, 0.2) is 0 Å². The van der Waals surface area contributed by atoms with Crippen molar-refractivity contribution >= 4 is 0 Å². The molecule has 1 heterocycles. The van der Waals surface area contributed by atoms with Crippen LogP contribution in [-0.2, 0) is 10.2 Å². The van der Waals surface area contributed by atoms with Crippen LogP contribution in [0, 0.1) is 5.41 Å². The molecule has 0 radical (unpaired) electrons. The average molecular weight is 263 g/mol. The Morgan fingerprint density at radius 3 is 2.21 bits per heavy atom. The maximum atomic E-state index is 5.95. The fourth-order valence-corrected chi connectivity index (χ4v) is 2.57. The Hall–Kier alpha value is -1.06. The van der Waals surface area contributed by atoms with Gasteiger partial charge in [0, 0.05) is 5.41 Å². The number of nitrogens with two attached hydrogens (primary N) is 1. The van der Waals surface area contributed by atoms with Crippen molar-refractivity contribution < 1.29 is 9.47 Å². The molecule has 2 rings (SSSR count). The molecular weight excluding hydrogens is 238 g/mol. The van der Waals surface area contributed by atoms with Crippen LogP contribution in [0.25, 0.3) is 0 Å². The lowest BCUT2D eigenvalue weighted by atomic mass is 9.60. The van der Waals surface area contributed by atoms with Gasteiger partial charge in [0.2, 0.25) is 0 Å². The third kappa shape index (κ3) is 2.49. The predicted octanol–water partition coefficient (Wildman–Crippen LogP) is 2.73. The Kier molecular flexibility index (Phi) is 3.88. The van der Waals surface area contributed by atoms with Crippen LogP contribution in [-0.4, -0.2) is 25.9 Å². The van der Waals surface area contributed by atoms with Crippen LogP contribution >= 0.6 is 0 Å². The Morgan fingerprint density at radius 2 is 1.84 bits per heavy atom. The molecule has 1 fully saturated rings. The summed E-state index contributed by atoms with van der Waals surface area (Å²) >= 11 is 0. The Balaban J connectivity index is 2.25. The van der Waals surface area contributed by atoms with Crippen LogP contribution < -0.4 is 10.5 Å². The molecule has 0 unspecified atom stereocenters. The van der Waals surface area contributed by atoms with Crippen molar-refractivity contribution in [2.24, 2.45) is 11.1 Å². The molecule has 2 N–H and O–H groups in total. The Morgan fingerprint density at radius 1 is 1.26 bits per heavy atom. The Bertz CT molecular complexity index is 419. The van der Waals surface area contributed by atoms with Crippen LogP contribution in [0.3, 0.4) is 0 Å². The molecule has 0 bridgehead atoms. The van der Waals surface area contributed by atoms with Crippen molar-refractivity contribution in [2.45, 2.75) is 39.2 Å². The van der Waals surface area contributed by atoms with Crippen LogP contribution in [0.4, 0.5) is 0 Å². The van der Waals surface area contributed by atoms with Gasteiger partial charge in [-0.2, -0.15) is 0 Å². The molecule has 106 valence electrons. The van der Waals surface area contributed by atoms with Crippen LogP contribution in [0.15, 0.2) is 24.3 Å². The van der Waals surface area contributed by atoms with Gasteiger partial charge in [0.05, 0.1) is 19.3 Å². The standard InChI is InChI=1S/C16H25NO2/c1-12(2)19-14-7-5-13(6-8-14)16(10-18-11-16)15(3,4)9-17/h5-8,12H,9-11,17H2,1-4H3. The first-order chi connectivity index (χ1) is 8.91. The van der Waals surface area contributed by atoms with Gasteiger partial charge in [0.1, 0.15) is 5.75 Å². The lowest BCUT2D eigenvalue weighted by Crippen LogP contribution is -2.59. The van der Waals surface area contributed by atoms with E-state index in [1.165, 1.54) is 5.56 Å². The smallest absolute Gasteiger partial charge is 0.119 e. The maximum Gasteiger partial charge on any atom is 0.119 e. The first-order valence-electron chi connectivity index (χ1n) is 6.96. The highest BCUT2D eigenvalue weighted by atomic mass is 16.5. The van der Waals surface area contributed by atoms with Crippen molar-refractivity contribution in [2.75, 3.05) is 19.8 Å². The lowest BCUT2D eigenvalue weighted by Gasteiger charge is -2.52. The molecule has 0 atom stereocenters. The normalized spacial score (nSPS) is 18.2. The van der Waals surface area contributed by atoms with E-state index in [0.717, 1.165) is 19.0 Å². The molecule has 1 aliphatic rings. The van der Waals surface area contributed by atoms with Gasteiger partial charge in [-0.25, -0.2) is 0 Å². The highest BCUT2D eigenvalue weighted by Gasteiger charge is 2.51. The lowest BCUT2D eigenvalue weighted by molar-refractivity contribution is -0.116. The molecule has 1 aromatic rings. The molecule has 3 heteroatoms. The highest BCUT2D eigenvalue weighted by molar-refractivity contribution is 5.36. The minimum absolute atomic E-state index is 0.0334. The second-order valence-corrected chi connectivity index (χ2v) is 6.35. The zero-order valence-corrected chi connectivity index (χ0v) is 12.4. The van der Waals surface area contributed by atoms with Gasteiger partial charge in [-0.15, -0.1) is 0 Å². The van der Waals surface area contributed by atoms with Gasteiger partial charge < -0.3 is 15.2 Å². The van der Waals surface area contributed by atoms with E-state index < -0.39 is 0 Å².